The lowest BCUT2D eigenvalue weighted by Gasteiger charge is -2.14. The number of amides is 1. The molecule has 0 aromatic carbocycles. The van der Waals surface area contributed by atoms with E-state index in [0.29, 0.717) is 6.42 Å². The first-order chi connectivity index (χ1) is 7.29. The normalized spacial score (nSPS) is 19.8. The number of carbonyl (C=O) groups excluding carboxylic acids is 1. The minimum absolute atomic E-state index is 0.0627. The van der Waals surface area contributed by atoms with Gasteiger partial charge in [-0.25, -0.2) is 4.98 Å². The average Bonchev–Trinajstić information content (AvgIpc) is 2.35. The van der Waals surface area contributed by atoms with Crippen molar-refractivity contribution in [2.45, 2.75) is 32.2 Å². The number of rotatable bonds is 2. The molecule has 0 spiro atoms. The fourth-order valence-electron chi connectivity index (χ4n) is 1.81. The summed E-state index contributed by atoms with van der Waals surface area (Å²) in [5, 5.41) is 6.14. The number of anilines is 2. The molecule has 1 atom stereocenters. The number of hydrogen-bond acceptors (Lipinski definition) is 3. The van der Waals surface area contributed by atoms with Crippen LogP contribution < -0.4 is 10.6 Å². The molecule has 0 aliphatic carbocycles. The van der Waals surface area contributed by atoms with Crippen molar-refractivity contribution in [3.63, 3.8) is 0 Å². The molecule has 1 aromatic rings. The number of nitrogens with zero attached hydrogens (tertiary/aromatic N) is 1. The predicted molar refractivity (Wildman–Crippen MR) is 59.8 cm³/mol. The van der Waals surface area contributed by atoms with Crippen LogP contribution in [0.25, 0.3) is 0 Å². The minimum Gasteiger partial charge on any atom is -0.365 e. The van der Waals surface area contributed by atoms with Gasteiger partial charge in [-0.05, 0) is 18.6 Å². The highest BCUT2D eigenvalue weighted by Crippen LogP contribution is 2.24. The van der Waals surface area contributed by atoms with E-state index in [0.717, 1.165) is 24.3 Å². The Morgan fingerprint density at radius 2 is 2.47 bits per heavy atom. The molecule has 15 heavy (non-hydrogen) atoms. The summed E-state index contributed by atoms with van der Waals surface area (Å²) in [6, 6.07) is 3.88. The Morgan fingerprint density at radius 3 is 3.27 bits per heavy atom. The maximum Gasteiger partial charge on any atom is 0.226 e. The smallest absolute Gasteiger partial charge is 0.226 e. The predicted octanol–water partition coefficient (Wildman–Crippen LogP) is 2.00. The summed E-state index contributed by atoms with van der Waals surface area (Å²) in [5.74, 6) is 0.842. The summed E-state index contributed by atoms with van der Waals surface area (Å²) >= 11 is 0. The van der Waals surface area contributed by atoms with Crippen molar-refractivity contribution in [2.24, 2.45) is 0 Å². The molecule has 1 aliphatic heterocycles. The van der Waals surface area contributed by atoms with Gasteiger partial charge in [0, 0.05) is 18.7 Å². The van der Waals surface area contributed by atoms with Gasteiger partial charge < -0.3 is 10.6 Å². The first kappa shape index (κ1) is 9.96. The molecule has 1 unspecified atom stereocenters. The molecule has 4 heteroatoms. The zero-order valence-electron chi connectivity index (χ0n) is 8.79. The molecule has 0 saturated heterocycles. The highest BCUT2D eigenvalue weighted by atomic mass is 16.1. The van der Waals surface area contributed by atoms with Crippen LogP contribution in [-0.2, 0) is 4.79 Å². The molecule has 2 heterocycles. The fourth-order valence-corrected chi connectivity index (χ4v) is 1.81. The van der Waals surface area contributed by atoms with E-state index in [1.165, 1.54) is 0 Å². The van der Waals surface area contributed by atoms with E-state index in [1.807, 2.05) is 12.1 Å². The molecular weight excluding hydrogens is 190 g/mol. The first-order valence-corrected chi connectivity index (χ1v) is 5.31. The van der Waals surface area contributed by atoms with Gasteiger partial charge in [0.25, 0.3) is 0 Å². The Labute approximate surface area is 89.1 Å². The maximum absolute atomic E-state index is 11.6. The van der Waals surface area contributed by atoms with Crippen molar-refractivity contribution in [3.05, 3.63) is 18.3 Å². The first-order valence-electron chi connectivity index (χ1n) is 5.31. The maximum atomic E-state index is 11.6. The molecule has 4 nitrogen and oxygen atoms in total. The topological polar surface area (TPSA) is 54.0 Å². The lowest BCUT2D eigenvalue weighted by atomic mass is 10.1. The van der Waals surface area contributed by atoms with E-state index in [-0.39, 0.29) is 11.9 Å². The van der Waals surface area contributed by atoms with Crippen molar-refractivity contribution in [3.8, 4) is 0 Å². The molecule has 1 amide bonds. The minimum atomic E-state index is 0.0627. The number of fused-ring (bicyclic) bond motifs is 1. The molecule has 0 saturated carbocycles. The van der Waals surface area contributed by atoms with Gasteiger partial charge >= 0.3 is 0 Å². The van der Waals surface area contributed by atoms with Gasteiger partial charge in [0.05, 0.1) is 5.69 Å². The third kappa shape index (κ3) is 2.26. The van der Waals surface area contributed by atoms with Crippen molar-refractivity contribution >= 4 is 17.4 Å². The summed E-state index contributed by atoms with van der Waals surface area (Å²) in [6.07, 6.45) is 4.30. The molecule has 1 aromatic heterocycles. The number of hydrogen-bond donors (Lipinski definition) is 2. The molecule has 2 rings (SSSR count). The van der Waals surface area contributed by atoms with Crippen LogP contribution in [0.3, 0.4) is 0 Å². The Bertz CT molecular complexity index is 365. The Kier molecular flexibility index (Phi) is 2.85. The van der Waals surface area contributed by atoms with Crippen LogP contribution in [0.5, 0.6) is 0 Å². The third-order valence-corrected chi connectivity index (χ3v) is 2.49. The van der Waals surface area contributed by atoms with Gasteiger partial charge in [0.15, 0.2) is 0 Å². The van der Waals surface area contributed by atoms with Crippen LogP contribution in [0.15, 0.2) is 18.3 Å². The summed E-state index contributed by atoms with van der Waals surface area (Å²) in [6.45, 7) is 2.11. The van der Waals surface area contributed by atoms with Crippen LogP contribution in [0, 0.1) is 0 Å². The lowest BCUT2D eigenvalue weighted by molar-refractivity contribution is -0.116. The standard InChI is InChI=1S/C11H15N3O/c1-2-4-8-7-10(15)14-9-5-3-6-12-11(9)13-8/h3,5-6,8H,2,4,7H2,1H3,(H,12,13)(H,14,15). The Hall–Kier alpha value is -1.58. The van der Waals surface area contributed by atoms with Gasteiger partial charge in [0.2, 0.25) is 5.91 Å². The van der Waals surface area contributed by atoms with Crippen LogP contribution in [0.1, 0.15) is 26.2 Å². The van der Waals surface area contributed by atoms with Crippen molar-refractivity contribution in [1.29, 1.82) is 0 Å². The van der Waals surface area contributed by atoms with Gasteiger partial charge in [0.1, 0.15) is 5.82 Å². The second-order valence-electron chi connectivity index (χ2n) is 3.78. The van der Waals surface area contributed by atoms with Crippen molar-refractivity contribution < 1.29 is 4.79 Å². The van der Waals surface area contributed by atoms with E-state index < -0.39 is 0 Å². The van der Waals surface area contributed by atoms with Gasteiger partial charge in [-0.15, -0.1) is 0 Å². The number of aromatic nitrogens is 1. The second-order valence-corrected chi connectivity index (χ2v) is 3.78. The highest BCUT2D eigenvalue weighted by molar-refractivity contribution is 5.95. The number of carbonyl (C=O) groups is 1. The third-order valence-electron chi connectivity index (χ3n) is 2.49. The van der Waals surface area contributed by atoms with Crippen molar-refractivity contribution in [1.82, 2.24) is 4.98 Å². The van der Waals surface area contributed by atoms with E-state index in [9.17, 15) is 4.79 Å². The molecule has 1 aliphatic rings. The summed E-state index contributed by atoms with van der Waals surface area (Å²) in [4.78, 5) is 15.8. The molecule has 0 radical (unpaired) electrons. The van der Waals surface area contributed by atoms with Crippen LogP contribution in [0.2, 0.25) is 0 Å². The van der Waals surface area contributed by atoms with Crippen LogP contribution in [0.4, 0.5) is 11.5 Å². The van der Waals surface area contributed by atoms with Crippen LogP contribution in [-0.4, -0.2) is 16.9 Å². The molecular formula is C11H15N3O. The van der Waals surface area contributed by atoms with Gasteiger partial charge in [-0.3, -0.25) is 4.79 Å². The number of pyridine rings is 1. The van der Waals surface area contributed by atoms with E-state index in [2.05, 4.69) is 22.5 Å². The fraction of sp³-hybridized carbons (Fsp3) is 0.455. The summed E-state index contributed by atoms with van der Waals surface area (Å²) in [7, 11) is 0. The average molecular weight is 205 g/mol. The number of nitrogens with one attached hydrogen (secondary N) is 2. The summed E-state index contributed by atoms with van der Waals surface area (Å²) in [5.41, 5.74) is 0.779. The molecule has 2 N–H and O–H groups in total. The van der Waals surface area contributed by atoms with Gasteiger partial charge in [-0.1, -0.05) is 13.3 Å². The molecule has 0 fully saturated rings. The second kappa shape index (κ2) is 4.29. The molecule has 0 bridgehead atoms. The Balaban J connectivity index is 2.23. The van der Waals surface area contributed by atoms with Crippen LogP contribution >= 0.6 is 0 Å². The molecule has 80 valence electrons. The SMILES string of the molecule is CCCC1CC(=O)Nc2cccnc2N1. The summed E-state index contributed by atoms with van der Waals surface area (Å²) < 4.78 is 0. The van der Waals surface area contributed by atoms with Gasteiger partial charge in [-0.2, -0.15) is 0 Å². The van der Waals surface area contributed by atoms with E-state index >= 15 is 0 Å². The Morgan fingerprint density at radius 1 is 1.60 bits per heavy atom. The lowest BCUT2D eigenvalue weighted by Crippen LogP contribution is -2.22. The monoisotopic (exact) mass is 205 g/mol. The van der Waals surface area contributed by atoms with E-state index in [4.69, 9.17) is 0 Å². The zero-order chi connectivity index (χ0) is 10.7. The van der Waals surface area contributed by atoms with E-state index in [1.54, 1.807) is 6.20 Å². The largest absolute Gasteiger partial charge is 0.365 e. The quantitative estimate of drug-likeness (QED) is 0.776. The highest BCUT2D eigenvalue weighted by Gasteiger charge is 2.20. The van der Waals surface area contributed by atoms with Crippen molar-refractivity contribution in [2.75, 3.05) is 10.6 Å². The zero-order valence-corrected chi connectivity index (χ0v) is 8.79.